The Morgan fingerprint density at radius 3 is 2.26 bits per heavy atom. The van der Waals surface area contributed by atoms with Crippen LogP contribution in [0.25, 0.3) is 5.69 Å². The van der Waals surface area contributed by atoms with Gasteiger partial charge in [-0.3, -0.25) is 4.72 Å². The van der Waals surface area contributed by atoms with E-state index < -0.39 is 10.0 Å². The fourth-order valence-electron chi connectivity index (χ4n) is 3.62. The molecule has 1 fully saturated rings. The lowest BCUT2D eigenvalue weighted by Crippen LogP contribution is -2.44. The first-order valence-electron chi connectivity index (χ1n) is 9.85. The van der Waals surface area contributed by atoms with Crippen molar-refractivity contribution >= 4 is 33.8 Å². The smallest absolute Gasteiger partial charge is 0.262 e. The number of aromatic nitrogens is 1. The summed E-state index contributed by atoms with van der Waals surface area (Å²) in [6.45, 7) is 3.48. The molecule has 0 spiro atoms. The second-order valence-electron chi connectivity index (χ2n) is 7.34. The number of benzene rings is 2. The molecule has 2 heterocycles. The van der Waals surface area contributed by atoms with Crippen LogP contribution in [0.3, 0.4) is 0 Å². The molecule has 0 aliphatic carbocycles. The van der Waals surface area contributed by atoms with Crippen LogP contribution in [0, 0.1) is 0 Å². The normalized spacial score (nSPS) is 14.7. The van der Waals surface area contributed by atoms with Gasteiger partial charge in [0, 0.05) is 38.6 Å². The first-order valence-corrected chi connectivity index (χ1v) is 11.3. The van der Waals surface area contributed by atoms with E-state index in [0.717, 1.165) is 37.6 Å². The van der Waals surface area contributed by atoms with Crippen LogP contribution in [-0.4, -0.2) is 58.2 Å². The number of nitrogens with one attached hydrogen (secondary N) is 1. The fourth-order valence-corrected chi connectivity index (χ4v) is 4.71. The lowest BCUT2D eigenvalue weighted by molar-refractivity contribution is 0.311. The number of sulfonamides is 1. The van der Waals surface area contributed by atoms with Gasteiger partial charge in [0.15, 0.2) is 0 Å². The lowest BCUT2D eigenvalue weighted by atomic mass is 10.2. The highest BCUT2D eigenvalue weighted by Crippen LogP contribution is 2.33. The van der Waals surface area contributed by atoms with Crippen LogP contribution in [0.1, 0.15) is 0 Å². The highest BCUT2D eigenvalue weighted by Gasteiger charge is 2.22. The summed E-state index contributed by atoms with van der Waals surface area (Å²) in [6.07, 6.45) is 3.76. The first-order chi connectivity index (χ1) is 14.5. The Kier molecular flexibility index (Phi) is 7.15. The Labute approximate surface area is 189 Å². The van der Waals surface area contributed by atoms with Gasteiger partial charge in [-0.25, -0.2) is 8.42 Å². The summed E-state index contributed by atoms with van der Waals surface area (Å²) in [6, 6.07) is 16.1. The summed E-state index contributed by atoms with van der Waals surface area (Å²) >= 11 is 0. The summed E-state index contributed by atoms with van der Waals surface area (Å²) in [5.74, 6) is 0.672. The van der Waals surface area contributed by atoms with E-state index in [-0.39, 0.29) is 17.3 Å². The number of hydrogen-bond donors (Lipinski definition) is 1. The zero-order chi connectivity index (χ0) is 21.1. The van der Waals surface area contributed by atoms with E-state index in [1.54, 1.807) is 31.4 Å². The van der Waals surface area contributed by atoms with Gasteiger partial charge in [0.25, 0.3) is 10.0 Å². The van der Waals surface area contributed by atoms with Gasteiger partial charge < -0.3 is 19.1 Å². The maximum absolute atomic E-state index is 13.2. The number of nitrogens with zero attached hydrogens (tertiary/aromatic N) is 3. The average molecular weight is 463 g/mol. The molecule has 1 aliphatic heterocycles. The average Bonchev–Trinajstić information content (AvgIpc) is 3.29. The van der Waals surface area contributed by atoms with Gasteiger partial charge in [0.05, 0.1) is 29.1 Å². The number of anilines is 2. The van der Waals surface area contributed by atoms with Gasteiger partial charge in [-0.1, -0.05) is 12.1 Å². The third kappa shape index (κ3) is 4.98. The number of hydrogen-bond acceptors (Lipinski definition) is 5. The molecular weight excluding hydrogens is 436 g/mol. The lowest BCUT2D eigenvalue weighted by Gasteiger charge is -2.34. The minimum atomic E-state index is -3.78. The van der Waals surface area contributed by atoms with Gasteiger partial charge >= 0.3 is 0 Å². The van der Waals surface area contributed by atoms with E-state index in [9.17, 15) is 8.42 Å². The molecule has 0 amide bonds. The van der Waals surface area contributed by atoms with Gasteiger partial charge in [0.2, 0.25) is 0 Å². The predicted molar refractivity (Wildman–Crippen MR) is 127 cm³/mol. The molecule has 1 aliphatic rings. The second kappa shape index (κ2) is 9.64. The highest BCUT2D eigenvalue weighted by atomic mass is 35.5. The third-order valence-electron chi connectivity index (χ3n) is 5.34. The molecular formula is C22H27ClN4O3S. The second-order valence-corrected chi connectivity index (χ2v) is 9.02. The van der Waals surface area contributed by atoms with Crippen LogP contribution in [0.5, 0.6) is 5.75 Å². The zero-order valence-corrected chi connectivity index (χ0v) is 19.2. The van der Waals surface area contributed by atoms with Crippen LogP contribution in [0.4, 0.5) is 11.4 Å². The number of methoxy groups -OCH3 is 1. The molecule has 0 radical (unpaired) electrons. The van der Waals surface area contributed by atoms with Crippen molar-refractivity contribution in [3.63, 3.8) is 0 Å². The van der Waals surface area contributed by atoms with Crippen molar-refractivity contribution in [2.45, 2.75) is 4.90 Å². The Hall–Kier alpha value is -2.68. The number of piperazine rings is 1. The SMILES string of the molecule is COc1ccc(S(=O)(=O)Nc2ccccc2-n2cccc2)cc1N1CCN(C)CC1.Cl. The van der Waals surface area contributed by atoms with E-state index in [0.29, 0.717) is 11.4 Å². The van der Waals surface area contributed by atoms with Gasteiger partial charge in [-0.15, -0.1) is 12.4 Å². The molecule has 9 heteroatoms. The molecule has 1 N–H and O–H groups in total. The minimum Gasteiger partial charge on any atom is -0.495 e. The molecule has 2 aromatic carbocycles. The molecule has 0 bridgehead atoms. The molecule has 0 saturated carbocycles. The number of ether oxygens (including phenoxy) is 1. The van der Waals surface area contributed by atoms with Gasteiger partial charge in [-0.2, -0.15) is 0 Å². The van der Waals surface area contributed by atoms with Crippen LogP contribution in [0.15, 0.2) is 71.9 Å². The van der Waals surface area contributed by atoms with E-state index in [1.807, 2.05) is 47.3 Å². The van der Waals surface area contributed by atoms with Gasteiger partial charge in [0.1, 0.15) is 5.75 Å². The number of halogens is 1. The van der Waals surface area contributed by atoms with Crippen molar-refractivity contribution in [3.05, 3.63) is 67.0 Å². The minimum absolute atomic E-state index is 0. The van der Waals surface area contributed by atoms with E-state index in [2.05, 4.69) is 21.6 Å². The maximum Gasteiger partial charge on any atom is 0.262 e. The molecule has 0 atom stereocenters. The molecule has 7 nitrogen and oxygen atoms in total. The quantitative estimate of drug-likeness (QED) is 0.607. The number of likely N-dealkylation sites (N-methyl/N-ethyl adjacent to an activating group) is 1. The monoisotopic (exact) mass is 462 g/mol. The molecule has 1 aromatic heterocycles. The van der Waals surface area contributed by atoms with Gasteiger partial charge in [-0.05, 0) is 49.5 Å². The number of para-hydroxylation sites is 2. The Morgan fingerprint density at radius 2 is 1.58 bits per heavy atom. The van der Waals surface area contributed by atoms with Crippen molar-refractivity contribution in [2.24, 2.45) is 0 Å². The molecule has 31 heavy (non-hydrogen) atoms. The Morgan fingerprint density at radius 1 is 0.903 bits per heavy atom. The fraction of sp³-hybridized carbons (Fsp3) is 0.273. The van der Waals surface area contributed by atoms with Crippen molar-refractivity contribution in [1.82, 2.24) is 9.47 Å². The zero-order valence-electron chi connectivity index (χ0n) is 17.6. The third-order valence-corrected chi connectivity index (χ3v) is 6.70. The topological polar surface area (TPSA) is 66.8 Å². The molecule has 1 saturated heterocycles. The summed E-state index contributed by atoms with van der Waals surface area (Å²) in [7, 11) is -0.0891. The standard InChI is InChI=1S/C22H26N4O3S.ClH/c1-24-13-15-26(16-14-24)21-17-18(9-10-22(21)29-2)30(27,28)23-19-7-3-4-8-20(19)25-11-5-6-12-25;/h3-12,17,23H,13-16H2,1-2H3;1H. The van der Waals surface area contributed by atoms with Crippen LogP contribution in [0.2, 0.25) is 0 Å². The Bertz CT molecular complexity index is 1110. The van der Waals surface area contributed by atoms with Crippen molar-refractivity contribution in [1.29, 1.82) is 0 Å². The van der Waals surface area contributed by atoms with Crippen molar-refractivity contribution in [3.8, 4) is 11.4 Å². The predicted octanol–water partition coefficient (Wildman–Crippen LogP) is 3.46. The molecule has 3 aromatic rings. The van der Waals surface area contributed by atoms with Crippen molar-refractivity contribution in [2.75, 3.05) is 50.0 Å². The molecule has 166 valence electrons. The maximum atomic E-state index is 13.2. The summed E-state index contributed by atoms with van der Waals surface area (Å²) < 4.78 is 36.6. The number of rotatable bonds is 6. The molecule has 0 unspecified atom stereocenters. The first kappa shape index (κ1) is 23.0. The highest BCUT2D eigenvalue weighted by molar-refractivity contribution is 7.92. The summed E-state index contributed by atoms with van der Waals surface area (Å²) in [5, 5.41) is 0. The van der Waals surface area contributed by atoms with Crippen LogP contribution < -0.4 is 14.4 Å². The van der Waals surface area contributed by atoms with E-state index in [4.69, 9.17) is 4.74 Å². The van der Waals surface area contributed by atoms with E-state index >= 15 is 0 Å². The summed E-state index contributed by atoms with van der Waals surface area (Å²) in [4.78, 5) is 4.63. The largest absolute Gasteiger partial charge is 0.495 e. The molecule has 4 rings (SSSR count). The Balaban J connectivity index is 0.00000272. The summed E-state index contributed by atoms with van der Waals surface area (Å²) in [5.41, 5.74) is 2.08. The van der Waals surface area contributed by atoms with E-state index in [1.165, 1.54) is 0 Å². The van der Waals surface area contributed by atoms with Crippen LogP contribution in [-0.2, 0) is 10.0 Å². The van der Waals surface area contributed by atoms with Crippen molar-refractivity contribution < 1.29 is 13.2 Å². The van der Waals surface area contributed by atoms with Crippen LogP contribution >= 0.6 is 12.4 Å².